The Morgan fingerprint density at radius 1 is 1.27 bits per heavy atom. The molecule has 3 N–H and O–H groups in total. The van der Waals surface area contributed by atoms with Crippen LogP contribution in [0.15, 0.2) is 30.5 Å². The largest absolute Gasteiger partial charge is 0.370 e. The fourth-order valence-corrected chi connectivity index (χ4v) is 4.61. The fourth-order valence-electron chi connectivity index (χ4n) is 4.61. The first-order chi connectivity index (χ1) is 14.5. The second-order valence-electron chi connectivity index (χ2n) is 7.91. The predicted molar refractivity (Wildman–Crippen MR) is 106 cm³/mol. The van der Waals surface area contributed by atoms with Crippen LogP contribution in [0.3, 0.4) is 0 Å². The summed E-state index contributed by atoms with van der Waals surface area (Å²) in [6.07, 6.45) is 1.79. The minimum absolute atomic E-state index is 0.0983. The molecule has 2 aromatic heterocycles. The van der Waals surface area contributed by atoms with Crippen LogP contribution in [0.25, 0.3) is 11.5 Å². The van der Waals surface area contributed by atoms with Gasteiger partial charge in [-0.15, -0.1) is 0 Å². The van der Waals surface area contributed by atoms with Gasteiger partial charge in [-0.1, -0.05) is 0 Å². The van der Waals surface area contributed by atoms with E-state index in [9.17, 15) is 8.78 Å². The SMILES string of the molecule is CCn1c(-c2cc[nH]n2)nc2c1CN([C@H]1CO[C@H](c3cc(F)ccc3F)[C@@H](N)C1)C2. The van der Waals surface area contributed by atoms with E-state index in [-0.39, 0.29) is 11.6 Å². The first-order valence-corrected chi connectivity index (χ1v) is 10.2. The highest BCUT2D eigenvalue weighted by Crippen LogP contribution is 2.35. The molecule has 1 saturated heterocycles. The molecule has 1 aromatic carbocycles. The quantitative estimate of drug-likeness (QED) is 0.686. The van der Waals surface area contributed by atoms with Crippen molar-refractivity contribution in [3.05, 3.63) is 59.0 Å². The van der Waals surface area contributed by atoms with Gasteiger partial charge < -0.3 is 15.0 Å². The Kier molecular flexibility index (Phi) is 4.88. The molecule has 0 unspecified atom stereocenters. The van der Waals surface area contributed by atoms with Crippen molar-refractivity contribution in [1.82, 2.24) is 24.6 Å². The Morgan fingerprint density at radius 3 is 2.87 bits per heavy atom. The van der Waals surface area contributed by atoms with E-state index in [4.69, 9.17) is 15.5 Å². The minimum Gasteiger partial charge on any atom is -0.370 e. The van der Waals surface area contributed by atoms with Gasteiger partial charge in [0.2, 0.25) is 0 Å². The summed E-state index contributed by atoms with van der Waals surface area (Å²) in [5, 5.41) is 7.10. The van der Waals surface area contributed by atoms with Gasteiger partial charge in [-0.05, 0) is 37.6 Å². The Hall–Kier alpha value is -2.62. The number of rotatable bonds is 4. The average molecular weight is 414 g/mol. The number of nitrogens with two attached hydrogens (primary N) is 1. The van der Waals surface area contributed by atoms with Gasteiger partial charge in [0.15, 0.2) is 5.82 Å². The van der Waals surface area contributed by atoms with Crippen LogP contribution in [0.5, 0.6) is 0 Å². The third-order valence-corrected chi connectivity index (χ3v) is 6.09. The summed E-state index contributed by atoms with van der Waals surface area (Å²) in [5.74, 6) is -0.104. The van der Waals surface area contributed by atoms with E-state index in [1.54, 1.807) is 6.20 Å². The van der Waals surface area contributed by atoms with E-state index in [2.05, 4.69) is 26.6 Å². The lowest BCUT2D eigenvalue weighted by Crippen LogP contribution is -2.47. The highest BCUT2D eigenvalue weighted by atomic mass is 19.1. The molecule has 30 heavy (non-hydrogen) atoms. The van der Waals surface area contributed by atoms with Crippen LogP contribution < -0.4 is 5.73 Å². The van der Waals surface area contributed by atoms with Crippen LogP contribution in [-0.2, 0) is 24.4 Å². The number of H-pyrrole nitrogens is 1. The Bertz CT molecular complexity index is 1050. The first-order valence-electron chi connectivity index (χ1n) is 10.2. The molecule has 0 bridgehead atoms. The number of nitrogens with one attached hydrogen (secondary N) is 1. The molecular formula is C21H24F2N6O. The lowest BCUT2D eigenvalue weighted by molar-refractivity contribution is -0.0535. The zero-order chi connectivity index (χ0) is 20.8. The maximum atomic E-state index is 14.2. The van der Waals surface area contributed by atoms with Gasteiger partial charge in [-0.2, -0.15) is 5.10 Å². The molecule has 0 amide bonds. The third kappa shape index (κ3) is 3.23. The number of ether oxygens (including phenoxy) is 1. The van der Waals surface area contributed by atoms with Crippen molar-refractivity contribution < 1.29 is 13.5 Å². The van der Waals surface area contributed by atoms with Gasteiger partial charge in [-0.3, -0.25) is 10.00 Å². The van der Waals surface area contributed by atoms with Crippen molar-refractivity contribution >= 4 is 0 Å². The van der Waals surface area contributed by atoms with E-state index in [0.29, 0.717) is 19.6 Å². The Labute approximate surface area is 172 Å². The summed E-state index contributed by atoms with van der Waals surface area (Å²) in [6, 6.07) is 5.00. The van der Waals surface area contributed by atoms with Crippen molar-refractivity contribution in [2.24, 2.45) is 5.73 Å². The van der Waals surface area contributed by atoms with Gasteiger partial charge in [0, 0.05) is 43.5 Å². The van der Waals surface area contributed by atoms with Crippen molar-refractivity contribution in [1.29, 1.82) is 0 Å². The number of halogens is 2. The number of hydrogen-bond acceptors (Lipinski definition) is 5. The van der Waals surface area contributed by atoms with Crippen LogP contribution in [-0.4, -0.2) is 43.3 Å². The van der Waals surface area contributed by atoms with E-state index < -0.39 is 23.8 Å². The second-order valence-corrected chi connectivity index (χ2v) is 7.91. The second kappa shape index (κ2) is 7.57. The average Bonchev–Trinajstić information content (AvgIpc) is 3.45. The zero-order valence-corrected chi connectivity index (χ0v) is 16.7. The number of hydrogen-bond donors (Lipinski definition) is 2. The number of aromatic amines is 1. The maximum Gasteiger partial charge on any atom is 0.161 e. The molecule has 5 rings (SSSR count). The molecule has 0 saturated carbocycles. The third-order valence-electron chi connectivity index (χ3n) is 6.09. The molecule has 4 heterocycles. The van der Waals surface area contributed by atoms with E-state index in [1.807, 2.05) is 6.07 Å². The van der Waals surface area contributed by atoms with Crippen LogP contribution >= 0.6 is 0 Å². The minimum atomic E-state index is -0.643. The van der Waals surface area contributed by atoms with Gasteiger partial charge in [0.25, 0.3) is 0 Å². The van der Waals surface area contributed by atoms with Crippen LogP contribution in [0.1, 0.15) is 36.4 Å². The van der Waals surface area contributed by atoms with E-state index in [1.165, 1.54) is 11.8 Å². The maximum absolute atomic E-state index is 14.2. The van der Waals surface area contributed by atoms with Crippen molar-refractivity contribution in [2.75, 3.05) is 6.61 Å². The standard InChI is InChI=1S/C21H24F2N6O/c1-2-29-19-10-28(9-18(19)26-21(29)17-5-6-25-27-17)13-8-16(24)20(30-11-13)14-7-12(22)3-4-15(14)23/h3-7,13,16,20H,2,8-11,24H2,1H3,(H,25,27)/t13-,16+,20-/m1/s1. The number of fused-ring (bicyclic) bond motifs is 1. The van der Waals surface area contributed by atoms with Crippen LogP contribution in [0.4, 0.5) is 8.78 Å². The molecule has 7 nitrogen and oxygen atoms in total. The summed E-state index contributed by atoms with van der Waals surface area (Å²) in [7, 11) is 0. The highest BCUT2D eigenvalue weighted by Gasteiger charge is 2.38. The molecular weight excluding hydrogens is 390 g/mol. The van der Waals surface area contributed by atoms with Crippen LogP contribution in [0, 0.1) is 11.6 Å². The van der Waals surface area contributed by atoms with Gasteiger partial charge >= 0.3 is 0 Å². The van der Waals surface area contributed by atoms with Gasteiger partial charge in [0.05, 0.1) is 18.0 Å². The topological polar surface area (TPSA) is 85.0 Å². The van der Waals surface area contributed by atoms with E-state index >= 15 is 0 Å². The van der Waals surface area contributed by atoms with Crippen LogP contribution in [0.2, 0.25) is 0 Å². The van der Waals surface area contributed by atoms with Crippen molar-refractivity contribution in [2.45, 2.75) is 51.2 Å². The normalized spacial score (nSPS) is 24.3. The highest BCUT2D eigenvalue weighted by molar-refractivity contribution is 5.51. The molecule has 9 heteroatoms. The molecule has 1 fully saturated rings. The lowest BCUT2D eigenvalue weighted by Gasteiger charge is -2.38. The summed E-state index contributed by atoms with van der Waals surface area (Å²) >= 11 is 0. The molecule has 3 aromatic rings. The number of aromatic nitrogens is 4. The summed E-state index contributed by atoms with van der Waals surface area (Å²) in [4.78, 5) is 7.13. The first kappa shape index (κ1) is 19.3. The lowest BCUT2D eigenvalue weighted by atomic mass is 9.93. The van der Waals surface area contributed by atoms with Crippen molar-refractivity contribution in [3.63, 3.8) is 0 Å². The molecule has 158 valence electrons. The number of benzene rings is 1. The van der Waals surface area contributed by atoms with Gasteiger partial charge in [-0.25, -0.2) is 13.8 Å². The zero-order valence-electron chi connectivity index (χ0n) is 16.7. The summed E-state index contributed by atoms with van der Waals surface area (Å²) in [6.45, 7) is 4.77. The summed E-state index contributed by atoms with van der Waals surface area (Å²) < 4.78 is 35.9. The fraction of sp³-hybridized carbons (Fsp3) is 0.429. The predicted octanol–water partition coefficient (Wildman–Crippen LogP) is 2.74. The summed E-state index contributed by atoms with van der Waals surface area (Å²) in [5.41, 5.74) is 9.59. The molecule has 2 aliphatic heterocycles. The van der Waals surface area contributed by atoms with E-state index in [0.717, 1.165) is 42.4 Å². The molecule has 0 radical (unpaired) electrons. The van der Waals surface area contributed by atoms with Crippen molar-refractivity contribution in [3.8, 4) is 11.5 Å². The molecule has 2 aliphatic rings. The molecule has 0 aliphatic carbocycles. The monoisotopic (exact) mass is 414 g/mol. The number of nitrogens with zero attached hydrogens (tertiary/aromatic N) is 4. The Morgan fingerprint density at radius 2 is 2.13 bits per heavy atom. The van der Waals surface area contributed by atoms with Gasteiger partial charge in [0.1, 0.15) is 23.4 Å². The smallest absolute Gasteiger partial charge is 0.161 e. The number of imidazole rings is 1. The molecule has 3 atom stereocenters. The molecule has 0 spiro atoms. The Balaban J connectivity index is 1.31.